The van der Waals surface area contributed by atoms with E-state index in [0.29, 0.717) is 5.56 Å². The van der Waals surface area contributed by atoms with Crippen molar-refractivity contribution in [2.24, 2.45) is 5.73 Å². The molecule has 0 saturated carbocycles. The molecule has 0 saturated heterocycles. The number of hydrogen-bond acceptors (Lipinski definition) is 4. The van der Waals surface area contributed by atoms with Crippen LogP contribution in [0.25, 0.3) is 0 Å². The summed E-state index contributed by atoms with van der Waals surface area (Å²) in [6.07, 6.45) is -1.03. The molecule has 1 aromatic carbocycles. The van der Waals surface area contributed by atoms with Crippen molar-refractivity contribution in [2.45, 2.75) is 19.1 Å². The number of carbonyl (C=O) groups excluding carboxylic acids is 1. The first-order chi connectivity index (χ1) is 7.06. The third-order valence-electron chi connectivity index (χ3n) is 2.23. The first kappa shape index (κ1) is 11.7. The summed E-state index contributed by atoms with van der Waals surface area (Å²) in [4.78, 5) is 11.1. The van der Waals surface area contributed by atoms with Crippen LogP contribution in [0.3, 0.4) is 0 Å². The van der Waals surface area contributed by atoms with Crippen LogP contribution < -0.4 is 5.73 Å². The van der Waals surface area contributed by atoms with Crippen LogP contribution >= 0.6 is 0 Å². The Morgan fingerprint density at radius 2 is 1.93 bits per heavy atom. The summed E-state index contributed by atoms with van der Waals surface area (Å²) in [5.74, 6) is -0.622. The van der Waals surface area contributed by atoms with E-state index in [-0.39, 0.29) is 0 Å². The summed E-state index contributed by atoms with van der Waals surface area (Å²) in [7, 11) is 1.24. The van der Waals surface area contributed by atoms with Crippen molar-refractivity contribution in [3.63, 3.8) is 0 Å². The molecule has 1 aromatic rings. The van der Waals surface area contributed by atoms with Gasteiger partial charge in [0.1, 0.15) is 12.1 Å². The van der Waals surface area contributed by atoms with Crippen LogP contribution in [-0.4, -0.2) is 24.2 Å². The number of hydrogen-bond donors (Lipinski definition) is 2. The number of aliphatic hydroxyl groups is 1. The molecule has 0 radical (unpaired) electrons. The number of rotatable bonds is 3. The second kappa shape index (κ2) is 4.91. The predicted molar refractivity (Wildman–Crippen MR) is 56.1 cm³/mol. The van der Waals surface area contributed by atoms with Gasteiger partial charge in [0.25, 0.3) is 0 Å². The second-order valence-corrected chi connectivity index (χ2v) is 3.40. The van der Waals surface area contributed by atoms with Crippen molar-refractivity contribution in [1.29, 1.82) is 0 Å². The second-order valence-electron chi connectivity index (χ2n) is 3.40. The highest BCUT2D eigenvalue weighted by Gasteiger charge is 2.24. The minimum Gasteiger partial charge on any atom is -0.468 e. The number of esters is 1. The number of ether oxygens (including phenoxy) is 1. The smallest absolute Gasteiger partial charge is 0.325 e. The van der Waals surface area contributed by atoms with E-state index in [9.17, 15) is 9.90 Å². The van der Waals surface area contributed by atoms with E-state index in [2.05, 4.69) is 4.74 Å². The Hall–Kier alpha value is -1.39. The van der Waals surface area contributed by atoms with Gasteiger partial charge in [-0.1, -0.05) is 29.8 Å². The third-order valence-corrected chi connectivity index (χ3v) is 2.23. The van der Waals surface area contributed by atoms with Gasteiger partial charge in [0.2, 0.25) is 0 Å². The molecule has 82 valence electrons. The van der Waals surface area contributed by atoms with Gasteiger partial charge in [0.15, 0.2) is 0 Å². The third kappa shape index (κ3) is 2.78. The van der Waals surface area contributed by atoms with Crippen molar-refractivity contribution in [3.05, 3.63) is 35.4 Å². The number of nitrogens with two attached hydrogens (primary N) is 1. The van der Waals surface area contributed by atoms with Gasteiger partial charge in [0.05, 0.1) is 7.11 Å². The predicted octanol–water partition coefficient (Wildman–Crippen LogP) is 0.529. The molecule has 0 bridgehead atoms. The first-order valence-electron chi connectivity index (χ1n) is 4.64. The largest absolute Gasteiger partial charge is 0.468 e. The highest BCUT2D eigenvalue weighted by molar-refractivity contribution is 5.76. The summed E-state index contributed by atoms with van der Waals surface area (Å²) < 4.78 is 4.45. The molecule has 0 amide bonds. The SMILES string of the molecule is COC(=O)[C@H](N)[C@H](O)c1ccc(C)cc1. The zero-order valence-corrected chi connectivity index (χ0v) is 8.81. The van der Waals surface area contributed by atoms with Gasteiger partial charge in [-0.2, -0.15) is 0 Å². The van der Waals surface area contributed by atoms with Gasteiger partial charge in [-0.05, 0) is 12.5 Å². The van der Waals surface area contributed by atoms with Gasteiger partial charge in [0, 0.05) is 0 Å². The van der Waals surface area contributed by atoms with Gasteiger partial charge in [-0.15, -0.1) is 0 Å². The van der Waals surface area contributed by atoms with Crippen LogP contribution in [0.4, 0.5) is 0 Å². The minimum atomic E-state index is -1.04. The first-order valence-corrected chi connectivity index (χ1v) is 4.64. The average Bonchev–Trinajstić information content (AvgIpc) is 2.27. The average molecular weight is 209 g/mol. The van der Waals surface area contributed by atoms with Crippen molar-refractivity contribution < 1.29 is 14.6 Å². The highest BCUT2D eigenvalue weighted by Crippen LogP contribution is 2.16. The standard InChI is InChI=1S/C11H15NO3/c1-7-3-5-8(6-4-7)10(13)9(12)11(14)15-2/h3-6,9-10,13H,12H2,1-2H3/t9-,10-/m1/s1. The van der Waals surface area contributed by atoms with Crippen LogP contribution in [0.5, 0.6) is 0 Å². The summed E-state index contributed by atoms with van der Waals surface area (Å²) in [5.41, 5.74) is 7.21. The van der Waals surface area contributed by atoms with Crippen LogP contribution in [0.15, 0.2) is 24.3 Å². The lowest BCUT2D eigenvalue weighted by atomic mass is 10.0. The fourth-order valence-corrected chi connectivity index (χ4v) is 1.24. The Kier molecular flexibility index (Phi) is 3.82. The van der Waals surface area contributed by atoms with Gasteiger partial charge in [-0.25, -0.2) is 0 Å². The van der Waals surface area contributed by atoms with Gasteiger partial charge >= 0.3 is 5.97 Å². The number of carbonyl (C=O) groups is 1. The van der Waals surface area contributed by atoms with Crippen LogP contribution in [0.1, 0.15) is 17.2 Å². The molecule has 2 atom stereocenters. The van der Waals surface area contributed by atoms with Crippen LogP contribution in [0, 0.1) is 6.92 Å². The maximum absolute atomic E-state index is 11.1. The molecule has 0 aliphatic heterocycles. The van der Waals surface area contributed by atoms with Crippen molar-refractivity contribution in [1.82, 2.24) is 0 Å². The van der Waals surface area contributed by atoms with Crippen LogP contribution in [-0.2, 0) is 9.53 Å². The van der Waals surface area contributed by atoms with Crippen molar-refractivity contribution in [3.8, 4) is 0 Å². The number of benzene rings is 1. The Morgan fingerprint density at radius 3 is 2.40 bits per heavy atom. The molecule has 0 aliphatic rings. The molecule has 0 fully saturated rings. The Balaban J connectivity index is 2.80. The maximum atomic E-state index is 11.1. The Labute approximate surface area is 88.7 Å². The van der Waals surface area contributed by atoms with E-state index in [1.807, 2.05) is 19.1 Å². The van der Waals surface area contributed by atoms with Crippen molar-refractivity contribution >= 4 is 5.97 Å². The van der Waals surface area contributed by atoms with E-state index in [1.165, 1.54) is 7.11 Å². The lowest BCUT2D eigenvalue weighted by Crippen LogP contribution is -2.37. The Bertz CT molecular complexity index is 334. The Morgan fingerprint density at radius 1 is 1.40 bits per heavy atom. The molecule has 0 unspecified atom stereocenters. The molecule has 1 rings (SSSR count). The fraction of sp³-hybridized carbons (Fsp3) is 0.364. The maximum Gasteiger partial charge on any atom is 0.325 e. The monoisotopic (exact) mass is 209 g/mol. The lowest BCUT2D eigenvalue weighted by molar-refractivity contribution is -0.145. The molecule has 3 N–H and O–H groups in total. The van der Waals surface area contributed by atoms with E-state index >= 15 is 0 Å². The van der Waals surface area contributed by atoms with Crippen molar-refractivity contribution in [2.75, 3.05) is 7.11 Å². The molecule has 0 aliphatic carbocycles. The van der Waals surface area contributed by atoms with E-state index < -0.39 is 18.1 Å². The molecule has 0 aromatic heterocycles. The van der Waals surface area contributed by atoms with E-state index in [1.54, 1.807) is 12.1 Å². The molecule has 0 spiro atoms. The lowest BCUT2D eigenvalue weighted by Gasteiger charge is -2.16. The summed E-state index contributed by atoms with van der Waals surface area (Å²) in [6.45, 7) is 1.94. The minimum absolute atomic E-state index is 0.610. The number of aryl methyl sites for hydroxylation is 1. The number of aliphatic hydroxyl groups excluding tert-OH is 1. The van der Waals surface area contributed by atoms with Crippen LogP contribution in [0.2, 0.25) is 0 Å². The van der Waals surface area contributed by atoms with E-state index in [0.717, 1.165) is 5.56 Å². The summed E-state index contributed by atoms with van der Waals surface area (Å²) in [6, 6.07) is 6.13. The summed E-state index contributed by atoms with van der Waals surface area (Å²) in [5, 5.41) is 9.76. The number of methoxy groups -OCH3 is 1. The zero-order valence-electron chi connectivity index (χ0n) is 8.81. The highest BCUT2D eigenvalue weighted by atomic mass is 16.5. The zero-order chi connectivity index (χ0) is 11.4. The van der Waals surface area contributed by atoms with Gasteiger partial charge in [-0.3, -0.25) is 4.79 Å². The molecule has 0 heterocycles. The molecule has 4 nitrogen and oxygen atoms in total. The topological polar surface area (TPSA) is 72.5 Å². The summed E-state index contributed by atoms with van der Waals surface area (Å²) >= 11 is 0. The van der Waals surface area contributed by atoms with Gasteiger partial charge < -0.3 is 15.6 Å². The van der Waals surface area contributed by atoms with E-state index in [4.69, 9.17) is 5.73 Å². The normalized spacial score (nSPS) is 14.4. The quantitative estimate of drug-likeness (QED) is 0.712. The molecule has 4 heteroatoms. The molecular formula is C11H15NO3. The fourth-order valence-electron chi connectivity index (χ4n) is 1.24. The molecule has 15 heavy (non-hydrogen) atoms. The molecular weight excluding hydrogens is 194 g/mol.